The highest BCUT2D eigenvalue weighted by Crippen LogP contribution is 2.37. The second-order valence-corrected chi connectivity index (χ2v) is 4.38. The molecule has 4 nitrogen and oxygen atoms in total. The fraction of sp³-hybridized carbons (Fsp3) is 0.800. The van der Waals surface area contributed by atoms with E-state index >= 15 is 0 Å². The minimum Gasteiger partial charge on any atom is -0.386 e. The Morgan fingerprint density at radius 1 is 1.57 bits per heavy atom. The molecule has 1 aliphatic rings. The SMILES string of the molecule is CC1CCC(C(O)c2cnn(C)n2)C1. The van der Waals surface area contributed by atoms with Gasteiger partial charge >= 0.3 is 0 Å². The number of hydrogen-bond acceptors (Lipinski definition) is 3. The third-order valence-corrected chi connectivity index (χ3v) is 3.10. The zero-order chi connectivity index (χ0) is 10.1. The molecule has 1 saturated carbocycles. The summed E-state index contributed by atoms with van der Waals surface area (Å²) in [6.07, 6.45) is 4.68. The van der Waals surface area contributed by atoms with Crippen LogP contribution in [0, 0.1) is 11.8 Å². The Kier molecular flexibility index (Phi) is 2.54. The molecule has 1 aromatic heterocycles. The Balaban J connectivity index is 2.05. The van der Waals surface area contributed by atoms with Gasteiger partial charge in [0.25, 0.3) is 0 Å². The van der Waals surface area contributed by atoms with Crippen molar-refractivity contribution in [2.45, 2.75) is 32.3 Å². The van der Waals surface area contributed by atoms with Crippen LogP contribution in [0.4, 0.5) is 0 Å². The maximum absolute atomic E-state index is 10.0. The van der Waals surface area contributed by atoms with Crippen LogP contribution in [0.1, 0.15) is 38.0 Å². The van der Waals surface area contributed by atoms with Gasteiger partial charge in [0.15, 0.2) is 0 Å². The summed E-state index contributed by atoms with van der Waals surface area (Å²) in [6, 6.07) is 0. The number of aliphatic hydroxyl groups excluding tert-OH is 1. The van der Waals surface area contributed by atoms with Gasteiger partial charge in [0.2, 0.25) is 0 Å². The lowest BCUT2D eigenvalue weighted by molar-refractivity contribution is 0.105. The van der Waals surface area contributed by atoms with E-state index in [1.165, 1.54) is 11.2 Å². The molecule has 1 aromatic rings. The molecule has 0 aliphatic heterocycles. The van der Waals surface area contributed by atoms with Gasteiger partial charge in [0.1, 0.15) is 11.8 Å². The zero-order valence-corrected chi connectivity index (χ0v) is 8.72. The molecule has 14 heavy (non-hydrogen) atoms. The molecular weight excluding hydrogens is 178 g/mol. The topological polar surface area (TPSA) is 50.9 Å². The van der Waals surface area contributed by atoms with Crippen LogP contribution in [0.15, 0.2) is 6.20 Å². The summed E-state index contributed by atoms with van der Waals surface area (Å²) in [5.74, 6) is 1.12. The highest BCUT2D eigenvalue weighted by Gasteiger charge is 2.29. The third kappa shape index (κ3) is 1.80. The van der Waals surface area contributed by atoms with E-state index in [2.05, 4.69) is 17.1 Å². The fourth-order valence-electron chi connectivity index (χ4n) is 2.28. The van der Waals surface area contributed by atoms with E-state index in [1.54, 1.807) is 13.2 Å². The predicted molar refractivity (Wildman–Crippen MR) is 52.5 cm³/mol. The van der Waals surface area contributed by atoms with Crippen molar-refractivity contribution in [2.75, 3.05) is 0 Å². The van der Waals surface area contributed by atoms with E-state index in [4.69, 9.17) is 0 Å². The molecule has 1 N–H and O–H groups in total. The number of aromatic nitrogens is 3. The Morgan fingerprint density at radius 3 is 2.86 bits per heavy atom. The first-order valence-electron chi connectivity index (χ1n) is 5.21. The average Bonchev–Trinajstić information content (AvgIpc) is 2.73. The summed E-state index contributed by atoms with van der Waals surface area (Å²) in [4.78, 5) is 1.50. The van der Waals surface area contributed by atoms with Gasteiger partial charge < -0.3 is 5.11 Å². The van der Waals surface area contributed by atoms with E-state index in [-0.39, 0.29) is 0 Å². The fourth-order valence-corrected chi connectivity index (χ4v) is 2.28. The summed E-state index contributed by atoms with van der Waals surface area (Å²) in [5.41, 5.74) is 0.714. The molecule has 0 spiro atoms. The van der Waals surface area contributed by atoms with Crippen molar-refractivity contribution in [3.63, 3.8) is 0 Å². The quantitative estimate of drug-likeness (QED) is 0.773. The first-order chi connectivity index (χ1) is 6.66. The largest absolute Gasteiger partial charge is 0.386 e. The zero-order valence-electron chi connectivity index (χ0n) is 8.72. The average molecular weight is 195 g/mol. The molecule has 3 atom stereocenters. The van der Waals surface area contributed by atoms with Crippen LogP contribution < -0.4 is 0 Å². The lowest BCUT2D eigenvalue weighted by atomic mass is 9.97. The summed E-state index contributed by atoms with van der Waals surface area (Å²) in [5, 5.41) is 18.1. The van der Waals surface area contributed by atoms with Gasteiger partial charge in [0.05, 0.1) is 6.20 Å². The molecule has 0 radical (unpaired) electrons. The van der Waals surface area contributed by atoms with Crippen molar-refractivity contribution in [1.29, 1.82) is 0 Å². The second kappa shape index (κ2) is 3.69. The van der Waals surface area contributed by atoms with Crippen molar-refractivity contribution in [1.82, 2.24) is 15.0 Å². The van der Waals surface area contributed by atoms with E-state index in [0.717, 1.165) is 18.8 Å². The Labute approximate surface area is 83.9 Å². The maximum atomic E-state index is 10.0. The molecule has 4 heteroatoms. The molecule has 1 fully saturated rings. The summed E-state index contributed by atoms with van der Waals surface area (Å²) < 4.78 is 0. The molecule has 78 valence electrons. The lowest BCUT2D eigenvalue weighted by Gasteiger charge is -2.14. The Hall–Kier alpha value is -0.900. The highest BCUT2D eigenvalue weighted by molar-refractivity contribution is 5.00. The summed E-state index contributed by atoms with van der Waals surface area (Å²) >= 11 is 0. The van der Waals surface area contributed by atoms with Crippen LogP contribution in [0.25, 0.3) is 0 Å². The third-order valence-electron chi connectivity index (χ3n) is 3.10. The van der Waals surface area contributed by atoms with Gasteiger partial charge in [-0.05, 0) is 24.7 Å². The van der Waals surface area contributed by atoms with Gasteiger partial charge in [-0.1, -0.05) is 13.3 Å². The number of hydrogen-bond donors (Lipinski definition) is 1. The summed E-state index contributed by atoms with van der Waals surface area (Å²) in [6.45, 7) is 2.24. The summed E-state index contributed by atoms with van der Waals surface area (Å²) in [7, 11) is 1.77. The smallest absolute Gasteiger partial charge is 0.111 e. The monoisotopic (exact) mass is 195 g/mol. The van der Waals surface area contributed by atoms with Crippen LogP contribution in [0.2, 0.25) is 0 Å². The van der Waals surface area contributed by atoms with Crippen LogP contribution in [-0.4, -0.2) is 20.1 Å². The minimum atomic E-state index is -0.423. The van der Waals surface area contributed by atoms with Crippen molar-refractivity contribution in [2.24, 2.45) is 18.9 Å². The van der Waals surface area contributed by atoms with Gasteiger partial charge in [-0.3, -0.25) is 0 Å². The van der Waals surface area contributed by atoms with E-state index < -0.39 is 6.10 Å². The van der Waals surface area contributed by atoms with Gasteiger partial charge in [0, 0.05) is 7.05 Å². The van der Waals surface area contributed by atoms with Gasteiger partial charge in [-0.25, -0.2) is 0 Å². The molecule has 0 saturated heterocycles. The molecule has 2 rings (SSSR count). The normalized spacial score (nSPS) is 29.4. The van der Waals surface area contributed by atoms with Crippen molar-refractivity contribution >= 4 is 0 Å². The standard InChI is InChI=1S/C10H17N3O/c1-7-3-4-8(5-7)10(14)9-6-11-13(2)12-9/h6-8,10,14H,3-5H2,1-2H3. The van der Waals surface area contributed by atoms with Crippen molar-refractivity contribution in [3.8, 4) is 0 Å². The maximum Gasteiger partial charge on any atom is 0.111 e. The minimum absolute atomic E-state index is 0.377. The first kappa shape index (κ1) is 9.65. The van der Waals surface area contributed by atoms with Crippen LogP contribution in [0.5, 0.6) is 0 Å². The van der Waals surface area contributed by atoms with E-state index in [0.29, 0.717) is 11.6 Å². The van der Waals surface area contributed by atoms with Crippen LogP contribution in [0.3, 0.4) is 0 Å². The van der Waals surface area contributed by atoms with Crippen molar-refractivity contribution in [3.05, 3.63) is 11.9 Å². The molecule has 0 bridgehead atoms. The van der Waals surface area contributed by atoms with Crippen LogP contribution >= 0.6 is 0 Å². The molecule has 0 aromatic carbocycles. The first-order valence-corrected chi connectivity index (χ1v) is 5.21. The number of aryl methyl sites for hydroxylation is 1. The second-order valence-electron chi connectivity index (χ2n) is 4.38. The predicted octanol–water partition coefficient (Wildman–Crippen LogP) is 1.28. The molecule has 0 amide bonds. The van der Waals surface area contributed by atoms with Gasteiger partial charge in [-0.2, -0.15) is 15.0 Å². The number of rotatable bonds is 2. The van der Waals surface area contributed by atoms with Gasteiger partial charge in [-0.15, -0.1) is 0 Å². The highest BCUT2D eigenvalue weighted by atomic mass is 16.3. The molecular formula is C10H17N3O. The van der Waals surface area contributed by atoms with E-state index in [1.807, 2.05) is 0 Å². The molecule has 1 aliphatic carbocycles. The number of nitrogens with zero attached hydrogens (tertiary/aromatic N) is 3. The lowest BCUT2D eigenvalue weighted by Crippen LogP contribution is -2.10. The van der Waals surface area contributed by atoms with E-state index in [9.17, 15) is 5.11 Å². The Morgan fingerprint density at radius 2 is 2.36 bits per heavy atom. The van der Waals surface area contributed by atoms with Crippen LogP contribution in [-0.2, 0) is 7.05 Å². The molecule has 3 unspecified atom stereocenters. The van der Waals surface area contributed by atoms with Crippen molar-refractivity contribution < 1.29 is 5.11 Å². The Bertz CT molecular complexity index is 310. The molecule has 1 heterocycles. The number of aliphatic hydroxyl groups is 1.